The van der Waals surface area contributed by atoms with Crippen molar-refractivity contribution >= 4 is 29.5 Å². The molecule has 0 aliphatic carbocycles. The zero-order valence-corrected chi connectivity index (χ0v) is 15.2. The highest BCUT2D eigenvalue weighted by atomic mass is 32.1. The molecule has 0 amide bonds. The average Bonchev–Trinajstić information content (AvgIpc) is 2.70. The molecule has 0 saturated carbocycles. The van der Waals surface area contributed by atoms with Crippen LogP contribution in [0.5, 0.6) is 0 Å². The first-order valence-corrected chi connectivity index (χ1v) is 8.67. The topological polar surface area (TPSA) is 55.4 Å². The van der Waals surface area contributed by atoms with Crippen molar-refractivity contribution in [2.45, 2.75) is 19.0 Å². The van der Waals surface area contributed by atoms with Gasteiger partial charge >= 0.3 is 5.97 Å². The van der Waals surface area contributed by atoms with Crippen LogP contribution in [-0.2, 0) is 9.53 Å². The van der Waals surface area contributed by atoms with Crippen LogP contribution < -0.4 is 5.32 Å². The summed E-state index contributed by atoms with van der Waals surface area (Å²) in [5, 5.41) is 2.55. The number of hydrogen-bond donors (Lipinski definition) is 1. The zero-order valence-electron chi connectivity index (χ0n) is 14.4. The Labute approximate surface area is 157 Å². The quantitative estimate of drug-likeness (QED) is 0.415. The van der Waals surface area contributed by atoms with Crippen LogP contribution >= 0.6 is 12.2 Å². The SMILES string of the molecule is C[C@@H](C(=O)OCC(F)CNC=S)c1cccc(C(=O)c2ccccc2)c1. The van der Waals surface area contributed by atoms with Gasteiger partial charge in [-0.25, -0.2) is 4.39 Å². The molecule has 0 spiro atoms. The molecule has 0 heterocycles. The maximum atomic E-state index is 13.5. The number of benzene rings is 2. The molecule has 6 heteroatoms. The van der Waals surface area contributed by atoms with E-state index in [9.17, 15) is 14.0 Å². The van der Waals surface area contributed by atoms with Gasteiger partial charge in [0.25, 0.3) is 0 Å². The van der Waals surface area contributed by atoms with Crippen molar-refractivity contribution in [1.29, 1.82) is 0 Å². The number of alkyl halides is 1. The highest BCUT2D eigenvalue weighted by Crippen LogP contribution is 2.20. The third kappa shape index (κ3) is 5.46. The van der Waals surface area contributed by atoms with E-state index in [-0.39, 0.29) is 18.9 Å². The zero-order chi connectivity index (χ0) is 18.9. The summed E-state index contributed by atoms with van der Waals surface area (Å²) in [4.78, 5) is 24.7. The van der Waals surface area contributed by atoms with Crippen molar-refractivity contribution in [3.8, 4) is 0 Å². The molecule has 0 aliphatic rings. The van der Waals surface area contributed by atoms with Crippen LogP contribution in [0.2, 0.25) is 0 Å². The second-order valence-electron chi connectivity index (χ2n) is 5.80. The van der Waals surface area contributed by atoms with Gasteiger partial charge in [0, 0.05) is 17.7 Å². The Balaban J connectivity index is 2.03. The summed E-state index contributed by atoms with van der Waals surface area (Å²) in [5.74, 6) is -1.27. The number of thiocarbonyl (C=S) groups is 1. The Morgan fingerprint density at radius 2 is 1.85 bits per heavy atom. The summed E-state index contributed by atoms with van der Waals surface area (Å²) >= 11 is 4.54. The number of esters is 1. The Kier molecular flexibility index (Phi) is 7.41. The van der Waals surface area contributed by atoms with E-state index in [1.54, 1.807) is 55.5 Å². The molecule has 2 aromatic rings. The third-order valence-electron chi connectivity index (χ3n) is 3.87. The van der Waals surface area contributed by atoms with Gasteiger partial charge in [-0.05, 0) is 18.6 Å². The van der Waals surface area contributed by atoms with Crippen LogP contribution in [-0.4, -0.2) is 36.6 Å². The lowest BCUT2D eigenvalue weighted by atomic mass is 9.96. The van der Waals surface area contributed by atoms with E-state index < -0.39 is 18.1 Å². The van der Waals surface area contributed by atoms with Gasteiger partial charge < -0.3 is 10.1 Å². The normalized spacial score (nSPS) is 12.7. The third-order valence-corrected chi connectivity index (χ3v) is 4.03. The molecule has 2 atom stereocenters. The van der Waals surface area contributed by atoms with Gasteiger partial charge in [0.2, 0.25) is 0 Å². The molecule has 0 aliphatic heterocycles. The summed E-state index contributed by atoms with van der Waals surface area (Å²) in [6.07, 6.45) is -1.34. The van der Waals surface area contributed by atoms with Crippen LogP contribution in [0.1, 0.15) is 34.3 Å². The molecule has 2 aromatic carbocycles. The fourth-order valence-electron chi connectivity index (χ4n) is 2.37. The summed E-state index contributed by atoms with van der Waals surface area (Å²) in [6, 6.07) is 15.7. The van der Waals surface area contributed by atoms with E-state index in [0.717, 1.165) is 0 Å². The first-order chi connectivity index (χ1) is 12.5. The molecule has 0 bridgehead atoms. The van der Waals surface area contributed by atoms with Crippen molar-refractivity contribution in [3.05, 3.63) is 71.3 Å². The van der Waals surface area contributed by atoms with Crippen LogP contribution in [0.4, 0.5) is 4.39 Å². The van der Waals surface area contributed by atoms with Crippen molar-refractivity contribution < 1.29 is 18.7 Å². The minimum absolute atomic E-state index is 0.00771. The van der Waals surface area contributed by atoms with Gasteiger partial charge in [-0.2, -0.15) is 0 Å². The molecular weight excluding hydrogens is 353 g/mol. The van der Waals surface area contributed by atoms with Crippen molar-refractivity contribution in [2.75, 3.05) is 13.2 Å². The largest absolute Gasteiger partial charge is 0.462 e. The lowest BCUT2D eigenvalue weighted by Gasteiger charge is -2.14. The molecule has 26 heavy (non-hydrogen) atoms. The number of ketones is 1. The number of carbonyl (C=O) groups excluding carboxylic acids is 2. The predicted molar refractivity (Wildman–Crippen MR) is 102 cm³/mol. The first kappa shape index (κ1) is 19.7. The second kappa shape index (κ2) is 9.77. The van der Waals surface area contributed by atoms with E-state index in [2.05, 4.69) is 17.5 Å². The van der Waals surface area contributed by atoms with E-state index >= 15 is 0 Å². The summed E-state index contributed by atoms with van der Waals surface area (Å²) in [7, 11) is 0. The molecular formula is C20H20FNO3S. The van der Waals surface area contributed by atoms with Crippen LogP contribution in [0.25, 0.3) is 0 Å². The predicted octanol–water partition coefficient (Wildman–Crippen LogP) is 3.45. The summed E-state index contributed by atoms with van der Waals surface area (Å²) in [6.45, 7) is 1.31. The number of ether oxygens (including phenoxy) is 1. The van der Waals surface area contributed by atoms with Gasteiger partial charge in [-0.15, -0.1) is 0 Å². The molecule has 2 rings (SSSR count). The fraction of sp³-hybridized carbons (Fsp3) is 0.250. The monoisotopic (exact) mass is 373 g/mol. The van der Waals surface area contributed by atoms with E-state index in [0.29, 0.717) is 16.7 Å². The summed E-state index contributed by atoms with van der Waals surface area (Å²) in [5.41, 5.74) is 2.92. The van der Waals surface area contributed by atoms with Crippen LogP contribution in [0.3, 0.4) is 0 Å². The Bertz CT molecular complexity index is 767. The maximum Gasteiger partial charge on any atom is 0.313 e. The molecule has 136 valence electrons. The first-order valence-electron chi connectivity index (χ1n) is 8.20. The molecule has 1 unspecified atom stereocenters. The highest BCUT2D eigenvalue weighted by Gasteiger charge is 2.20. The van der Waals surface area contributed by atoms with Gasteiger partial charge in [-0.1, -0.05) is 60.7 Å². The smallest absolute Gasteiger partial charge is 0.313 e. The molecule has 0 fully saturated rings. The van der Waals surface area contributed by atoms with Crippen LogP contribution in [0, 0.1) is 0 Å². The maximum absolute atomic E-state index is 13.5. The molecule has 0 aromatic heterocycles. The lowest BCUT2D eigenvalue weighted by Crippen LogP contribution is -2.28. The number of rotatable bonds is 9. The Morgan fingerprint density at radius 3 is 2.54 bits per heavy atom. The second-order valence-corrected chi connectivity index (χ2v) is 6.03. The summed E-state index contributed by atoms with van der Waals surface area (Å²) < 4.78 is 18.5. The molecule has 0 radical (unpaired) electrons. The van der Waals surface area contributed by atoms with E-state index in [4.69, 9.17) is 4.74 Å². The standard InChI is InChI=1S/C20H20FNO3S/c1-14(20(24)25-12-18(21)11-22-13-26)16-8-5-9-17(10-16)19(23)15-6-3-2-4-7-15/h2-10,13-14,18H,11-12H2,1H3,(H,22,26)/t14-,18?/m1/s1. The van der Waals surface area contributed by atoms with Crippen LogP contribution in [0.15, 0.2) is 54.6 Å². The number of hydrogen-bond acceptors (Lipinski definition) is 4. The van der Waals surface area contributed by atoms with Gasteiger partial charge in [0.05, 0.1) is 11.4 Å². The average molecular weight is 373 g/mol. The molecule has 4 nitrogen and oxygen atoms in total. The highest BCUT2D eigenvalue weighted by molar-refractivity contribution is 7.78. The number of nitrogens with one attached hydrogen (secondary N) is 1. The lowest BCUT2D eigenvalue weighted by molar-refractivity contribution is -0.146. The fourth-order valence-corrected chi connectivity index (χ4v) is 2.47. The number of halogens is 1. The minimum atomic E-state index is -1.34. The van der Waals surface area contributed by atoms with Gasteiger partial charge in [-0.3, -0.25) is 9.59 Å². The molecule has 1 N–H and O–H groups in total. The van der Waals surface area contributed by atoms with Crippen molar-refractivity contribution in [1.82, 2.24) is 5.32 Å². The van der Waals surface area contributed by atoms with E-state index in [1.165, 1.54) is 5.49 Å². The van der Waals surface area contributed by atoms with Gasteiger partial charge in [0.1, 0.15) is 6.61 Å². The van der Waals surface area contributed by atoms with E-state index in [1.807, 2.05) is 6.07 Å². The Morgan fingerprint density at radius 1 is 1.15 bits per heavy atom. The van der Waals surface area contributed by atoms with Crippen molar-refractivity contribution in [3.63, 3.8) is 0 Å². The van der Waals surface area contributed by atoms with Crippen molar-refractivity contribution in [2.24, 2.45) is 0 Å². The Hall–Kier alpha value is -2.60. The number of carbonyl (C=O) groups is 2. The molecule has 0 saturated heterocycles. The van der Waals surface area contributed by atoms with Gasteiger partial charge in [0.15, 0.2) is 12.0 Å². The minimum Gasteiger partial charge on any atom is -0.462 e.